The maximum atomic E-state index is 12.4. The van der Waals surface area contributed by atoms with Gasteiger partial charge in [-0.05, 0) is 41.5 Å². The smallest absolute Gasteiger partial charge is 0.425 e. The third-order valence-electron chi connectivity index (χ3n) is 2.98. The van der Waals surface area contributed by atoms with Gasteiger partial charge in [0.1, 0.15) is 0 Å². The Balaban J connectivity index is 2.34. The van der Waals surface area contributed by atoms with Crippen LogP contribution in [0.5, 0.6) is 11.5 Å². The minimum atomic E-state index is -5.91. The minimum absolute atomic E-state index is 0.0767. The Morgan fingerprint density at radius 2 is 1.48 bits per heavy atom. The minimum Gasteiger partial charge on any atom is -0.425 e. The van der Waals surface area contributed by atoms with E-state index in [1.54, 1.807) is 18.2 Å². The van der Waals surface area contributed by atoms with Crippen molar-refractivity contribution in [2.75, 3.05) is 0 Å². The molecule has 2 aromatic carbocycles. The summed E-state index contributed by atoms with van der Waals surface area (Å²) in [6.45, 7) is -0.0767. The Morgan fingerprint density at radius 3 is 2.04 bits per heavy atom. The molecule has 5 nitrogen and oxygen atoms in total. The van der Waals surface area contributed by atoms with Crippen LogP contribution in [0.3, 0.4) is 0 Å². The van der Waals surface area contributed by atoms with Crippen LogP contribution in [-0.2, 0) is 14.9 Å². The van der Waals surface area contributed by atoms with Crippen LogP contribution in [-0.4, -0.2) is 20.4 Å². The first-order chi connectivity index (χ1) is 12.5. The molecular formula is C16H9Cl2F3O5S. The number of hydrogen-bond acceptors (Lipinski definition) is 5. The van der Waals surface area contributed by atoms with E-state index < -0.39 is 27.1 Å². The molecule has 0 N–H and O–H groups in total. The van der Waals surface area contributed by atoms with E-state index in [1.165, 1.54) is 18.2 Å². The van der Waals surface area contributed by atoms with E-state index in [4.69, 9.17) is 23.2 Å². The summed E-state index contributed by atoms with van der Waals surface area (Å²) in [6, 6.07) is 8.07. The van der Waals surface area contributed by atoms with Crippen molar-refractivity contribution < 1.29 is 35.3 Å². The molecule has 0 bridgehead atoms. The largest absolute Gasteiger partial charge is 0.534 e. The fraction of sp³-hybridized carbons (Fsp3) is 0.0625. The van der Waals surface area contributed by atoms with Gasteiger partial charge in [-0.1, -0.05) is 41.4 Å². The Labute approximate surface area is 162 Å². The monoisotopic (exact) mass is 440 g/mol. The molecule has 0 atom stereocenters. The first kappa shape index (κ1) is 21.1. The van der Waals surface area contributed by atoms with Crippen molar-refractivity contribution in [1.29, 1.82) is 0 Å². The van der Waals surface area contributed by atoms with Crippen LogP contribution in [0.1, 0.15) is 11.1 Å². The van der Waals surface area contributed by atoms with E-state index in [0.29, 0.717) is 21.2 Å². The molecule has 0 spiro atoms. The van der Waals surface area contributed by atoms with Gasteiger partial charge in [0.05, 0.1) is 0 Å². The van der Waals surface area contributed by atoms with Crippen LogP contribution < -0.4 is 8.92 Å². The van der Waals surface area contributed by atoms with Gasteiger partial charge in [0.25, 0.3) is 6.47 Å². The Kier molecular flexibility index (Phi) is 6.40. The van der Waals surface area contributed by atoms with E-state index >= 15 is 0 Å². The summed E-state index contributed by atoms with van der Waals surface area (Å²) in [5.41, 5.74) is -4.62. The molecule has 2 aromatic rings. The Hall–Kier alpha value is -2.23. The summed E-state index contributed by atoms with van der Waals surface area (Å²) in [6.07, 6.45) is 3.10. The first-order valence-electron chi connectivity index (χ1n) is 6.91. The molecular weight excluding hydrogens is 432 g/mol. The highest BCUT2D eigenvalue weighted by Gasteiger charge is 2.48. The zero-order valence-corrected chi connectivity index (χ0v) is 15.4. The van der Waals surface area contributed by atoms with Crippen molar-refractivity contribution in [2.45, 2.75) is 5.51 Å². The van der Waals surface area contributed by atoms with E-state index in [-0.39, 0.29) is 6.47 Å². The van der Waals surface area contributed by atoms with Crippen LogP contribution in [0.2, 0.25) is 10.0 Å². The average molecular weight is 441 g/mol. The summed E-state index contributed by atoms with van der Waals surface area (Å²) in [5, 5.41) is 0.793. The number of halogens is 5. The second kappa shape index (κ2) is 8.20. The zero-order valence-electron chi connectivity index (χ0n) is 13.0. The lowest BCUT2D eigenvalue weighted by molar-refractivity contribution is -0.120. The number of carbonyl (C=O) groups excluding carboxylic acids is 1. The molecule has 11 heteroatoms. The fourth-order valence-corrected chi connectivity index (χ4v) is 2.88. The molecule has 0 aromatic heterocycles. The first-order valence-corrected chi connectivity index (χ1v) is 9.07. The lowest BCUT2D eigenvalue weighted by Gasteiger charge is -2.12. The molecule has 0 aliphatic rings. The van der Waals surface area contributed by atoms with Gasteiger partial charge in [-0.2, -0.15) is 21.6 Å². The third kappa shape index (κ3) is 5.62. The molecule has 27 heavy (non-hydrogen) atoms. The van der Waals surface area contributed by atoms with E-state index in [1.807, 2.05) is 0 Å². The van der Waals surface area contributed by atoms with E-state index in [2.05, 4.69) is 8.92 Å². The fourth-order valence-electron chi connectivity index (χ4n) is 1.87. The van der Waals surface area contributed by atoms with Crippen molar-refractivity contribution in [3.63, 3.8) is 0 Å². The zero-order chi connectivity index (χ0) is 20.2. The van der Waals surface area contributed by atoms with Crippen molar-refractivity contribution in [3.8, 4) is 11.5 Å². The van der Waals surface area contributed by atoms with Gasteiger partial charge in [-0.15, -0.1) is 0 Å². The predicted octanol–water partition coefficient (Wildman–Crippen LogP) is 4.93. The molecule has 0 saturated heterocycles. The number of carbonyl (C=O) groups is 1. The maximum absolute atomic E-state index is 12.4. The van der Waals surface area contributed by atoms with Crippen LogP contribution in [0.25, 0.3) is 12.2 Å². The number of alkyl halides is 3. The summed E-state index contributed by atoms with van der Waals surface area (Å²) < 4.78 is 68.0. The van der Waals surface area contributed by atoms with Gasteiger partial charge in [0.15, 0.2) is 11.5 Å². The second-order valence-corrected chi connectivity index (χ2v) is 7.35. The van der Waals surface area contributed by atoms with Gasteiger partial charge >= 0.3 is 15.6 Å². The standard InChI is InChI=1S/C16H9Cl2F3O5S/c17-12-5-11(6-13(18)8-12)2-1-10-3-4-14(15(7-10)25-9-22)26-27(23,24)16(19,20)21/h1-9H. The molecule has 0 unspecified atom stereocenters. The number of ether oxygens (including phenoxy) is 1. The third-order valence-corrected chi connectivity index (χ3v) is 4.38. The number of benzene rings is 2. The van der Waals surface area contributed by atoms with E-state index in [9.17, 15) is 26.4 Å². The van der Waals surface area contributed by atoms with Crippen LogP contribution in [0, 0.1) is 0 Å². The summed E-state index contributed by atoms with van der Waals surface area (Å²) >= 11 is 11.7. The quantitative estimate of drug-likeness (QED) is 0.275. The van der Waals surface area contributed by atoms with Gasteiger partial charge in [0, 0.05) is 10.0 Å². The average Bonchev–Trinajstić information content (AvgIpc) is 2.53. The SMILES string of the molecule is O=COc1cc(C=Cc2cc(Cl)cc(Cl)c2)ccc1OS(=O)(=O)C(F)(F)F. The van der Waals surface area contributed by atoms with Crippen LogP contribution in [0.4, 0.5) is 13.2 Å². The molecule has 0 aliphatic carbocycles. The normalized spacial score (nSPS) is 12.2. The van der Waals surface area contributed by atoms with Crippen molar-refractivity contribution in [1.82, 2.24) is 0 Å². The van der Waals surface area contributed by atoms with Crippen LogP contribution >= 0.6 is 23.2 Å². The highest BCUT2D eigenvalue weighted by atomic mass is 35.5. The second-order valence-electron chi connectivity index (χ2n) is 4.94. The van der Waals surface area contributed by atoms with Gasteiger partial charge in [-0.25, -0.2) is 0 Å². The predicted molar refractivity (Wildman–Crippen MR) is 94.1 cm³/mol. The lowest BCUT2D eigenvalue weighted by atomic mass is 10.1. The summed E-state index contributed by atoms with van der Waals surface area (Å²) in [7, 11) is -5.91. The molecule has 0 radical (unpaired) electrons. The van der Waals surface area contributed by atoms with Gasteiger partial charge in [0.2, 0.25) is 0 Å². The number of rotatable bonds is 6. The molecule has 144 valence electrons. The molecule has 0 amide bonds. The van der Waals surface area contributed by atoms with Crippen molar-refractivity contribution in [3.05, 3.63) is 57.6 Å². The Bertz CT molecular complexity index is 968. The highest BCUT2D eigenvalue weighted by Crippen LogP contribution is 2.34. The molecule has 0 heterocycles. The molecule has 0 aliphatic heterocycles. The van der Waals surface area contributed by atoms with Crippen molar-refractivity contribution >= 4 is 51.9 Å². The summed E-state index contributed by atoms with van der Waals surface area (Å²) in [5.74, 6) is -1.30. The van der Waals surface area contributed by atoms with Gasteiger partial charge < -0.3 is 8.92 Å². The maximum Gasteiger partial charge on any atom is 0.534 e. The van der Waals surface area contributed by atoms with Crippen LogP contribution in [0.15, 0.2) is 36.4 Å². The highest BCUT2D eigenvalue weighted by molar-refractivity contribution is 7.88. The molecule has 2 rings (SSSR count). The molecule has 0 fully saturated rings. The summed E-state index contributed by atoms with van der Waals surface area (Å²) in [4.78, 5) is 10.6. The topological polar surface area (TPSA) is 69.7 Å². The Morgan fingerprint density at radius 1 is 0.889 bits per heavy atom. The number of hydrogen-bond donors (Lipinski definition) is 0. The van der Waals surface area contributed by atoms with E-state index in [0.717, 1.165) is 12.1 Å². The van der Waals surface area contributed by atoms with Crippen molar-refractivity contribution in [2.24, 2.45) is 0 Å². The van der Waals surface area contributed by atoms with Gasteiger partial charge in [-0.3, -0.25) is 4.79 Å². The lowest BCUT2D eigenvalue weighted by Crippen LogP contribution is -2.28. The molecule has 0 saturated carbocycles.